The minimum atomic E-state index is -1.87. The van der Waals surface area contributed by atoms with E-state index < -0.39 is 258 Å². The van der Waals surface area contributed by atoms with E-state index in [4.69, 9.17) is 28.1 Å². The Kier molecular flexibility index (Phi) is 4.50. The monoisotopic (exact) mass is 869 g/mol. The first-order valence-electron chi connectivity index (χ1n) is 34.2. The first-order valence-corrected chi connectivity index (χ1v) is 20.2. The lowest BCUT2D eigenvalue weighted by atomic mass is 9.87. The van der Waals surface area contributed by atoms with E-state index in [9.17, 15) is 24.7 Å². The highest BCUT2D eigenvalue weighted by Gasteiger charge is 2.30. The first-order chi connectivity index (χ1) is 44.4. The summed E-state index contributed by atoms with van der Waals surface area (Å²) in [4.78, 5) is 14.1. The molecule has 66 heavy (non-hydrogen) atoms. The van der Waals surface area contributed by atoms with Crippen LogP contribution >= 0.6 is 0 Å². The van der Waals surface area contributed by atoms with Crippen molar-refractivity contribution in [1.29, 1.82) is 0 Å². The molecule has 4 heteroatoms. The Morgan fingerprint density at radius 1 is 0.364 bits per heavy atom. The summed E-state index contributed by atoms with van der Waals surface area (Å²) >= 11 is 0. The molecule has 0 amide bonds. The lowest BCUT2D eigenvalue weighted by molar-refractivity contribution is 0.669. The second-order valence-corrected chi connectivity index (χ2v) is 14.8. The van der Waals surface area contributed by atoms with Crippen LogP contribution in [-0.4, -0.2) is 15.0 Å². The van der Waals surface area contributed by atoms with Gasteiger partial charge in [-0.15, -0.1) is 0 Å². The minimum absolute atomic E-state index is 0.138. The Bertz CT molecular complexity index is 5340. The minimum Gasteiger partial charge on any atom is -0.456 e. The third-order valence-electron chi connectivity index (χ3n) is 10.9. The number of aromatic nitrogens is 3. The fourth-order valence-electron chi connectivity index (χ4n) is 7.85. The van der Waals surface area contributed by atoms with E-state index >= 15 is 0 Å². The molecule has 308 valence electrons. The molecule has 2 aromatic heterocycles. The predicted octanol–water partition coefficient (Wildman–Crippen LogP) is 16.1. The maximum absolute atomic E-state index is 9.55. The second kappa shape index (κ2) is 15.5. The lowest BCUT2D eigenvalue weighted by Crippen LogP contribution is -2.00. The van der Waals surface area contributed by atoms with Crippen molar-refractivity contribution in [3.8, 4) is 78.7 Å². The predicted molar refractivity (Wildman–Crippen MR) is 270 cm³/mol. The van der Waals surface area contributed by atoms with Gasteiger partial charge in [-0.2, -0.15) is 0 Å². The largest absolute Gasteiger partial charge is 0.456 e. The van der Waals surface area contributed by atoms with Crippen LogP contribution in [0.3, 0.4) is 0 Å². The molecule has 0 aliphatic heterocycles. The maximum atomic E-state index is 9.55. The second-order valence-electron chi connectivity index (χ2n) is 14.8. The zero-order chi connectivity index (χ0) is 67.9. The fraction of sp³-hybridized carbons (Fsp3) is 0.0161. The van der Waals surface area contributed by atoms with E-state index in [1.807, 2.05) is 0 Å². The van der Waals surface area contributed by atoms with Crippen LogP contribution in [0.2, 0.25) is 0 Å². The van der Waals surface area contributed by atoms with Gasteiger partial charge in [-0.1, -0.05) is 200 Å². The molecule has 0 bridgehead atoms. The van der Waals surface area contributed by atoms with Gasteiger partial charge in [0.2, 0.25) is 0 Å². The van der Waals surface area contributed by atoms with Gasteiger partial charge in [0.25, 0.3) is 0 Å². The van der Waals surface area contributed by atoms with Gasteiger partial charge in [-0.25, -0.2) is 15.0 Å². The van der Waals surface area contributed by atoms with Crippen LogP contribution in [-0.2, 0) is 0 Å². The summed E-state index contributed by atoms with van der Waals surface area (Å²) in [6.45, 7) is 0. The molecule has 1 atom stereocenters. The number of hydrogen-bond acceptors (Lipinski definition) is 4. The van der Waals surface area contributed by atoms with Crippen LogP contribution in [0, 0.1) is 0 Å². The van der Waals surface area contributed by atoms with E-state index in [2.05, 4.69) is 4.98 Å². The van der Waals surface area contributed by atoms with Gasteiger partial charge in [0, 0.05) is 33.4 Å². The van der Waals surface area contributed by atoms with Crippen molar-refractivity contribution in [2.24, 2.45) is 0 Å². The van der Waals surface area contributed by atoms with Gasteiger partial charge in [0.05, 0.1) is 38.4 Å². The summed E-state index contributed by atoms with van der Waals surface area (Å²) in [5, 5.41) is -1.52. The maximum Gasteiger partial charge on any atom is 0.164 e. The van der Waals surface area contributed by atoms with Gasteiger partial charge in [0.1, 0.15) is 11.2 Å². The first kappa shape index (κ1) is 19.2. The van der Waals surface area contributed by atoms with Gasteiger partial charge < -0.3 is 4.42 Å². The van der Waals surface area contributed by atoms with Crippen molar-refractivity contribution in [1.82, 2.24) is 15.0 Å². The number of rotatable bonds is 7. The molecule has 0 saturated heterocycles. The molecule has 1 aliphatic rings. The Balaban J connectivity index is 0.973. The van der Waals surface area contributed by atoms with Crippen LogP contribution in [0.5, 0.6) is 0 Å². The molecule has 2 heterocycles. The number of fused-ring (bicyclic) bond motifs is 7. The van der Waals surface area contributed by atoms with E-state index in [0.29, 0.717) is 11.1 Å². The van der Waals surface area contributed by atoms with Crippen LogP contribution < -0.4 is 0 Å². The topological polar surface area (TPSA) is 51.8 Å². The molecule has 0 radical (unpaired) electrons. The molecule has 13 rings (SSSR count). The summed E-state index contributed by atoms with van der Waals surface area (Å²) in [5.74, 6) is -1.80. The molecule has 12 aromatic rings. The van der Waals surface area contributed by atoms with Crippen LogP contribution in [0.1, 0.15) is 61.0 Å². The number of hydrogen-bond donors (Lipinski definition) is 0. The van der Waals surface area contributed by atoms with Crippen LogP contribution in [0.25, 0.3) is 111 Å². The summed E-state index contributed by atoms with van der Waals surface area (Å²) < 4.78 is 262. The standard InChI is InChI=1S/C62H39N3O/c1-3-12-45(13-4-1)60-63-61(46-14-5-2-6-15-46)65-62(64-60)53-20-11-21-56-59(53)52-35-34-49(38-57(52)66-56)43-28-26-41(27-29-43)39-22-24-40(25-23-39)42-30-32-44(33-31-42)58-51-19-10-9-18-50(51)54-36-47-16-7-8-17-48(47)37-55(54)58/h1-38,58H/i7D,8D,9D,10D,11D,16D,17D,18D,19D,20D,21D,22D,23D,24D,25D,26D,27D,28D,29D,30D,31D,32D,33D,34D,35D,36D,37D,38D. The average molecular weight is 870 g/mol. The summed E-state index contributed by atoms with van der Waals surface area (Å²) in [6.07, 6.45) is 0. The lowest BCUT2D eigenvalue weighted by Gasteiger charge is -2.16. The van der Waals surface area contributed by atoms with E-state index in [-0.39, 0.29) is 33.8 Å². The summed E-state index contributed by atoms with van der Waals surface area (Å²) in [7, 11) is 0. The average Bonchev–Trinajstić information content (AvgIpc) is 1.49. The van der Waals surface area contributed by atoms with Crippen LogP contribution in [0.4, 0.5) is 0 Å². The third-order valence-corrected chi connectivity index (χ3v) is 10.9. The summed E-state index contributed by atoms with van der Waals surface area (Å²) in [6, 6.07) is -7.05. The number of furan rings is 1. The Hall–Kier alpha value is -8.73. The third kappa shape index (κ3) is 6.50. The Morgan fingerprint density at radius 2 is 0.879 bits per heavy atom. The van der Waals surface area contributed by atoms with Crippen molar-refractivity contribution in [3.63, 3.8) is 0 Å². The van der Waals surface area contributed by atoms with Crippen molar-refractivity contribution in [3.05, 3.63) is 247 Å². The fourth-order valence-corrected chi connectivity index (χ4v) is 7.85. The summed E-state index contributed by atoms with van der Waals surface area (Å²) in [5.41, 5.74) is -7.32. The SMILES string of the molecule is [2H]c1c([2H])c([2H])c2c(c1[2H])-c1c(c([2H])c3c([2H])c([2H])c([2H])c([2H])c3c1[2H])C2c1c([2H])c([2H])c(-c2c([2H])c([2H])c(-c3c([2H])c([2H])c(-c4c([2H])c([2H])c5c(oc6c([2H])c([2H])c([2H])c(-c7nc(-c8ccccc8)nc(-c8ccccc8)n7)c65)c4[2H])c([2H])c3[2H])c([2H])c2[2H])c([2H])c1[2H]. The van der Waals surface area contributed by atoms with Crippen molar-refractivity contribution >= 4 is 32.7 Å². The molecule has 1 aliphatic carbocycles. The number of benzene rings is 10. The molecule has 4 nitrogen and oxygen atoms in total. The van der Waals surface area contributed by atoms with Gasteiger partial charge in [-0.05, 0) is 102 Å². The van der Waals surface area contributed by atoms with E-state index in [1.54, 1.807) is 60.7 Å². The highest BCUT2D eigenvalue weighted by Crippen LogP contribution is 2.49. The van der Waals surface area contributed by atoms with Crippen molar-refractivity contribution in [2.75, 3.05) is 0 Å². The molecular formula is C62H39N3O. The molecule has 1 unspecified atom stereocenters. The molecular weight excluding hydrogens is 803 g/mol. The highest BCUT2D eigenvalue weighted by atomic mass is 16.3. The normalized spacial score (nSPS) is 18.9. The Labute approximate surface area is 421 Å². The van der Waals surface area contributed by atoms with Crippen LogP contribution in [0.15, 0.2) is 234 Å². The van der Waals surface area contributed by atoms with Gasteiger partial charge in [0.15, 0.2) is 17.5 Å². The van der Waals surface area contributed by atoms with Crippen molar-refractivity contribution < 1.29 is 42.8 Å². The highest BCUT2D eigenvalue weighted by molar-refractivity contribution is 6.12. The van der Waals surface area contributed by atoms with E-state index in [1.165, 1.54) is 0 Å². The zero-order valence-electron chi connectivity index (χ0n) is 61.6. The van der Waals surface area contributed by atoms with Gasteiger partial charge >= 0.3 is 0 Å². The zero-order valence-corrected chi connectivity index (χ0v) is 33.6. The quantitative estimate of drug-likeness (QED) is 0.160. The van der Waals surface area contributed by atoms with Gasteiger partial charge in [-0.3, -0.25) is 0 Å². The smallest absolute Gasteiger partial charge is 0.164 e. The van der Waals surface area contributed by atoms with E-state index in [0.717, 1.165) is 0 Å². The molecule has 0 fully saturated rings. The Morgan fingerprint density at radius 3 is 1.52 bits per heavy atom. The molecule has 0 N–H and O–H groups in total. The number of nitrogens with zero attached hydrogens (tertiary/aromatic N) is 3. The van der Waals surface area contributed by atoms with Crippen molar-refractivity contribution in [2.45, 2.75) is 5.92 Å². The molecule has 0 saturated carbocycles. The molecule has 0 spiro atoms. The molecule has 10 aromatic carbocycles.